The van der Waals surface area contributed by atoms with Gasteiger partial charge in [-0.25, -0.2) is 0 Å². The fraction of sp³-hybridized carbons (Fsp3) is 0.143. The first-order chi connectivity index (χ1) is 4.84. The van der Waals surface area contributed by atoms with Crippen molar-refractivity contribution in [3.63, 3.8) is 0 Å². The van der Waals surface area contributed by atoms with Gasteiger partial charge in [0.05, 0.1) is 19.1 Å². The zero-order chi connectivity index (χ0) is 7.40. The van der Waals surface area contributed by atoms with Crippen LogP contribution in [0.3, 0.4) is 0 Å². The first kappa shape index (κ1) is 6.89. The highest BCUT2D eigenvalue weighted by molar-refractivity contribution is 5.55. The molecule has 3 nitrogen and oxygen atoms in total. The molecule has 0 aliphatic carbocycles. The minimum absolute atomic E-state index is 0.618. The largest absolute Gasteiger partial charge is 0.463 e. The van der Waals surface area contributed by atoms with Crippen molar-refractivity contribution in [2.24, 2.45) is 0 Å². The average molecular weight is 139 g/mol. The second-order valence-electron chi connectivity index (χ2n) is 1.76. The molecule has 10 heavy (non-hydrogen) atoms. The predicted molar refractivity (Wildman–Crippen MR) is 37.9 cm³/mol. The fourth-order valence-electron chi connectivity index (χ4n) is 0.624. The lowest BCUT2D eigenvalue weighted by Crippen LogP contribution is -2.07. The quantitative estimate of drug-likeness (QED) is 0.643. The minimum Gasteiger partial charge on any atom is -0.463 e. The van der Waals surface area contributed by atoms with Crippen LogP contribution in [0.5, 0.6) is 0 Å². The summed E-state index contributed by atoms with van der Waals surface area (Å²) in [5.74, 6) is 0.682. The van der Waals surface area contributed by atoms with Crippen molar-refractivity contribution in [2.75, 3.05) is 7.11 Å². The molecule has 0 radical (unpaired) electrons. The summed E-state index contributed by atoms with van der Waals surface area (Å²) in [5.41, 5.74) is 3.18. The number of hydrogen-bond donors (Lipinski definition) is 1. The zero-order valence-corrected chi connectivity index (χ0v) is 5.76. The van der Waals surface area contributed by atoms with Crippen molar-refractivity contribution >= 4 is 5.70 Å². The third-order valence-electron chi connectivity index (χ3n) is 1.04. The Kier molecular flexibility index (Phi) is 2.12. The summed E-state index contributed by atoms with van der Waals surface area (Å²) in [7, 11) is 1.52. The third-order valence-corrected chi connectivity index (χ3v) is 1.04. The minimum atomic E-state index is 0.618. The van der Waals surface area contributed by atoms with E-state index in [1.165, 1.54) is 7.11 Å². The van der Waals surface area contributed by atoms with Gasteiger partial charge in [-0.05, 0) is 12.1 Å². The molecule has 0 unspecified atom stereocenters. The molecule has 54 valence electrons. The maximum atomic E-state index is 5.01. The molecule has 0 saturated heterocycles. The van der Waals surface area contributed by atoms with E-state index in [0.717, 1.165) is 0 Å². The Hall–Kier alpha value is -1.22. The molecule has 1 aromatic rings. The molecule has 0 fully saturated rings. The second-order valence-corrected chi connectivity index (χ2v) is 1.76. The van der Waals surface area contributed by atoms with Crippen molar-refractivity contribution in [2.45, 2.75) is 0 Å². The van der Waals surface area contributed by atoms with Gasteiger partial charge in [0.1, 0.15) is 0 Å². The molecule has 0 amide bonds. The number of rotatable bonds is 3. The molecule has 1 N–H and O–H groups in total. The standard InChI is InChI=1S/C7H9NO2/c1-6(8-9-2)7-4-3-5-10-7/h3-5,8H,1H2,2H3. The van der Waals surface area contributed by atoms with E-state index in [1.54, 1.807) is 18.4 Å². The Morgan fingerprint density at radius 3 is 3.10 bits per heavy atom. The smallest absolute Gasteiger partial charge is 0.151 e. The summed E-state index contributed by atoms with van der Waals surface area (Å²) in [6.45, 7) is 3.66. The molecule has 0 saturated carbocycles. The summed E-state index contributed by atoms with van der Waals surface area (Å²) >= 11 is 0. The predicted octanol–water partition coefficient (Wildman–Crippen LogP) is 1.40. The number of furan rings is 1. The normalized spacial score (nSPS) is 9.30. The van der Waals surface area contributed by atoms with E-state index in [0.29, 0.717) is 11.5 Å². The molecular formula is C7H9NO2. The van der Waals surface area contributed by atoms with Gasteiger partial charge in [0.25, 0.3) is 0 Å². The van der Waals surface area contributed by atoms with Crippen LogP contribution in [0, 0.1) is 0 Å². The molecule has 3 heteroatoms. The molecule has 0 spiro atoms. The van der Waals surface area contributed by atoms with Crippen molar-refractivity contribution in [1.29, 1.82) is 0 Å². The molecule has 0 bridgehead atoms. The summed E-state index contributed by atoms with van der Waals surface area (Å²) in [6, 6.07) is 3.59. The monoisotopic (exact) mass is 139 g/mol. The van der Waals surface area contributed by atoms with E-state index in [2.05, 4.69) is 16.9 Å². The van der Waals surface area contributed by atoms with Gasteiger partial charge in [-0.2, -0.15) is 0 Å². The van der Waals surface area contributed by atoms with Crippen LogP contribution < -0.4 is 5.48 Å². The molecule has 1 heterocycles. The van der Waals surface area contributed by atoms with Crippen LogP contribution in [0.4, 0.5) is 0 Å². The molecular weight excluding hydrogens is 130 g/mol. The lowest BCUT2D eigenvalue weighted by Gasteiger charge is -2.01. The van der Waals surface area contributed by atoms with Gasteiger partial charge < -0.3 is 4.42 Å². The lowest BCUT2D eigenvalue weighted by atomic mass is 10.4. The van der Waals surface area contributed by atoms with Crippen molar-refractivity contribution in [1.82, 2.24) is 5.48 Å². The van der Waals surface area contributed by atoms with Gasteiger partial charge in [0.15, 0.2) is 5.76 Å². The van der Waals surface area contributed by atoms with Crippen LogP contribution in [0.1, 0.15) is 5.76 Å². The number of nitrogens with one attached hydrogen (secondary N) is 1. The highest BCUT2D eigenvalue weighted by Gasteiger charge is 1.97. The van der Waals surface area contributed by atoms with Crippen molar-refractivity contribution in [3.8, 4) is 0 Å². The van der Waals surface area contributed by atoms with Gasteiger partial charge in [-0.3, -0.25) is 10.3 Å². The van der Waals surface area contributed by atoms with Crippen LogP contribution in [0.25, 0.3) is 5.70 Å². The second kappa shape index (κ2) is 3.08. The third kappa shape index (κ3) is 1.39. The van der Waals surface area contributed by atoms with Gasteiger partial charge in [0.2, 0.25) is 0 Å². The molecule has 1 rings (SSSR count). The highest BCUT2D eigenvalue weighted by Crippen LogP contribution is 2.08. The van der Waals surface area contributed by atoms with Crippen LogP contribution in [0.2, 0.25) is 0 Å². The fourth-order valence-corrected chi connectivity index (χ4v) is 0.624. The van der Waals surface area contributed by atoms with Gasteiger partial charge in [-0.1, -0.05) is 6.58 Å². The Bertz CT molecular complexity index is 203. The lowest BCUT2D eigenvalue weighted by molar-refractivity contribution is 0.135. The van der Waals surface area contributed by atoms with Crippen molar-refractivity contribution < 1.29 is 9.25 Å². The first-order valence-electron chi connectivity index (χ1n) is 2.86. The van der Waals surface area contributed by atoms with E-state index in [-0.39, 0.29) is 0 Å². The van der Waals surface area contributed by atoms with E-state index >= 15 is 0 Å². The highest BCUT2D eigenvalue weighted by atomic mass is 16.6. The summed E-state index contributed by atoms with van der Waals surface area (Å²) in [4.78, 5) is 4.62. The molecule has 1 aromatic heterocycles. The van der Waals surface area contributed by atoms with Crippen LogP contribution in [-0.4, -0.2) is 7.11 Å². The van der Waals surface area contributed by atoms with Gasteiger partial charge in [0, 0.05) is 0 Å². The van der Waals surface area contributed by atoms with Crippen molar-refractivity contribution in [3.05, 3.63) is 30.7 Å². The van der Waals surface area contributed by atoms with Crippen LogP contribution in [0.15, 0.2) is 29.4 Å². The average Bonchev–Trinajstić information content (AvgIpc) is 2.38. The maximum Gasteiger partial charge on any atom is 0.151 e. The Labute approximate surface area is 59.2 Å². The van der Waals surface area contributed by atoms with Gasteiger partial charge >= 0.3 is 0 Å². The topological polar surface area (TPSA) is 34.4 Å². The van der Waals surface area contributed by atoms with E-state index in [4.69, 9.17) is 4.42 Å². The molecule has 0 aromatic carbocycles. The van der Waals surface area contributed by atoms with Crippen LogP contribution in [-0.2, 0) is 4.84 Å². The SMILES string of the molecule is C=C(NOC)c1ccco1. The van der Waals surface area contributed by atoms with Crippen LogP contribution >= 0.6 is 0 Å². The number of hydrogen-bond acceptors (Lipinski definition) is 3. The van der Waals surface area contributed by atoms with E-state index in [9.17, 15) is 0 Å². The van der Waals surface area contributed by atoms with E-state index in [1.807, 2.05) is 0 Å². The van der Waals surface area contributed by atoms with E-state index < -0.39 is 0 Å². The Morgan fingerprint density at radius 1 is 1.80 bits per heavy atom. The zero-order valence-electron chi connectivity index (χ0n) is 5.76. The van der Waals surface area contributed by atoms with Gasteiger partial charge in [-0.15, -0.1) is 0 Å². The summed E-state index contributed by atoms with van der Waals surface area (Å²) < 4.78 is 5.01. The molecule has 0 aliphatic rings. The Balaban J connectivity index is 2.59. The molecule has 0 aliphatic heterocycles. The summed E-state index contributed by atoms with van der Waals surface area (Å²) in [6.07, 6.45) is 1.58. The summed E-state index contributed by atoms with van der Waals surface area (Å²) in [5, 5.41) is 0. The maximum absolute atomic E-state index is 5.01. The first-order valence-corrected chi connectivity index (χ1v) is 2.86. The molecule has 0 atom stereocenters. The number of hydroxylamine groups is 1. The Morgan fingerprint density at radius 2 is 2.60 bits per heavy atom.